The number of rotatable bonds is 4. The van der Waals surface area contributed by atoms with Crippen LogP contribution >= 0.6 is 0 Å². The van der Waals surface area contributed by atoms with Crippen molar-refractivity contribution in [2.75, 3.05) is 0 Å². The van der Waals surface area contributed by atoms with Crippen molar-refractivity contribution in [3.8, 4) is 0 Å². The van der Waals surface area contributed by atoms with E-state index < -0.39 is 0 Å². The average molecular weight is 169 g/mol. The lowest BCUT2D eigenvalue weighted by molar-refractivity contribution is 0.495. The first-order valence-corrected chi connectivity index (χ1v) is 5.02. The molecular formula is C11H23N. The Morgan fingerprint density at radius 1 is 1.25 bits per heavy atom. The van der Waals surface area contributed by atoms with Crippen molar-refractivity contribution in [1.29, 1.82) is 5.41 Å². The van der Waals surface area contributed by atoms with Crippen LogP contribution in [-0.2, 0) is 0 Å². The monoisotopic (exact) mass is 169 g/mol. The second kappa shape index (κ2) is 4.64. The number of hydrogen-bond donors (Lipinski definition) is 1. The van der Waals surface area contributed by atoms with Crippen molar-refractivity contribution < 1.29 is 0 Å². The van der Waals surface area contributed by atoms with Crippen LogP contribution in [0.5, 0.6) is 0 Å². The third-order valence-corrected chi connectivity index (χ3v) is 2.35. The van der Waals surface area contributed by atoms with Gasteiger partial charge in [-0.3, -0.25) is 0 Å². The smallest absolute Gasteiger partial charge is 0.0173 e. The van der Waals surface area contributed by atoms with Crippen molar-refractivity contribution in [3.63, 3.8) is 0 Å². The molecule has 0 aliphatic rings. The quantitative estimate of drug-likeness (QED) is 0.618. The maximum absolute atomic E-state index is 8.00. The molecule has 1 heteroatoms. The highest BCUT2D eigenvalue weighted by Gasteiger charge is 2.23. The van der Waals surface area contributed by atoms with Gasteiger partial charge in [-0.15, -0.1) is 0 Å². The van der Waals surface area contributed by atoms with E-state index in [0.717, 1.165) is 12.1 Å². The largest absolute Gasteiger partial charge is 0.309 e. The van der Waals surface area contributed by atoms with Crippen LogP contribution < -0.4 is 0 Å². The fraction of sp³-hybridized carbons (Fsp3) is 0.909. The fourth-order valence-electron chi connectivity index (χ4n) is 1.51. The summed E-state index contributed by atoms with van der Waals surface area (Å²) in [6.07, 6.45) is 3.48. The van der Waals surface area contributed by atoms with E-state index in [1.54, 1.807) is 0 Å². The molecule has 0 heterocycles. The van der Waals surface area contributed by atoms with E-state index in [1.165, 1.54) is 12.8 Å². The SMILES string of the molecule is CCCC(CC)C(=N)C(C)(C)C. The van der Waals surface area contributed by atoms with Gasteiger partial charge in [-0.05, 0) is 24.2 Å². The zero-order valence-electron chi connectivity index (χ0n) is 9.20. The third kappa shape index (κ3) is 3.38. The standard InChI is InChI=1S/C11H23N/c1-6-8-9(7-2)10(12)11(3,4)5/h9,12H,6-8H2,1-5H3. The third-order valence-electron chi connectivity index (χ3n) is 2.35. The maximum Gasteiger partial charge on any atom is 0.0173 e. The van der Waals surface area contributed by atoms with Crippen LogP contribution in [0.15, 0.2) is 0 Å². The molecule has 0 bridgehead atoms. The van der Waals surface area contributed by atoms with Crippen molar-refractivity contribution >= 4 is 5.71 Å². The Kier molecular flexibility index (Phi) is 4.51. The van der Waals surface area contributed by atoms with E-state index in [4.69, 9.17) is 5.41 Å². The van der Waals surface area contributed by atoms with Gasteiger partial charge in [-0.1, -0.05) is 41.0 Å². The highest BCUT2D eigenvalue weighted by atomic mass is 14.5. The molecule has 0 fully saturated rings. The zero-order chi connectivity index (χ0) is 9.78. The fourth-order valence-corrected chi connectivity index (χ4v) is 1.51. The molecule has 0 rings (SSSR count). The molecule has 1 nitrogen and oxygen atoms in total. The summed E-state index contributed by atoms with van der Waals surface area (Å²) in [7, 11) is 0. The van der Waals surface area contributed by atoms with Crippen LogP contribution in [0.1, 0.15) is 53.9 Å². The van der Waals surface area contributed by atoms with Gasteiger partial charge in [0.15, 0.2) is 0 Å². The van der Waals surface area contributed by atoms with E-state index in [1.807, 2.05) is 0 Å². The van der Waals surface area contributed by atoms with Gasteiger partial charge in [0.1, 0.15) is 0 Å². The Morgan fingerprint density at radius 2 is 1.75 bits per heavy atom. The predicted molar refractivity (Wildman–Crippen MR) is 55.9 cm³/mol. The van der Waals surface area contributed by atoms with Crippen LogP contribution in [0.3, 0.4) is 0 Å². The summed E-state index contributed by atoms with van der Waals surface area (Å²) >= 11 is 0. The second-order valence-electron chi connectivity index (χ2n) is 4.56. The Hall–Kier alpha value is -0.330. The normalized spacial score (nSPS) is 14.4. The zero-order valence-corrected chi connectivity index (χ0v) is 9.20. The van der Waals surface area contributed by atoms with Crippen LogP contribution in [0, 0.1) is 16.7 Å². The van der Waals surface area contributed by atoms with E-state index >= 15 is 0 Å². The Morgan fingerprint density at radius 3 is 2.00 bits per heavy atom. The van der Waals surface area contributed by atoms with Gasteiger partial charge in [-0.25, -0.2) is 0 Å². The highest BCUT2D eigenvalue weighted by molar-refractivity contribution is 5.88. The molecule has 72 valence electrons. The van der Waals surface area contributed by atoms with Crippen LogP contribution in [0.2, 0.25) is 0 Å². The van der Waals surface area contributed by atoms with E-state index in [-0.39, 0.29) is 5.41 Å². The summed E-state index contributed by atoms with van der Waals surface area (Å²) in [4.78, 5) is 0. The van der Waals surface area contributed by atoms with Gasteiger partial charge < -0.3 is 5.41 Å². The second-order valence-corrected chi connectivity index (χ2v) is 4.56. The summed E-state index contributed by atoms with van der Waals surface area (Å²) in [5.41, 5.74) is 0.988. The summed E-state index contributed by atoms with van der Waals surface area (Å²) in [6.45, 7) is 10.8. The van der Waals surface area contributed by atoms with Crippen LogP contribution in [-0.4, -0.2) is 5.71 Å². The van der Waals surface area contributed by atoms with Crippen LogP contribution in [0.25, 0.3) is 0 Å². The topological polar surface area (TPSA) is 23.9 Å². The minimum absolute atomic E-state index is 0.0653. The minimum atomic E-state index is 0.0653. The molecule has 1 atom stereocenters. The van der Waals surface area contributed by atoms with E-state index in [9.17, 15) is 0 Å². The molecule has 0 radical (unpaired) electrons. The molecular weight excluding hydrogens is 146 g/mol. The molecule has 12 heavy (non-hydrogen) atoms. The summed E-state index contributed by atoms with van der Waals surface area (Å²) in [5.74, 6) is 0.509. The lowest BCUT2D eigenvalue weighted by Crippen LogP contribution is -2.27. The lowest BCUT2D eigenvalue weighted by atomic mass is 9.79. The first-order valence-electron chi connectivity index (χ1n) is 5.02. The molecule has 0 aliphatic heterocycles. The molecule has 1 unspecified atom stereocenters. The van der Waals surface area contributed by atoms with Gasteiger partial charge in [0.2, 0.25) is 0 Å². The van der Waals surface area contributed by atoms with Gasteiger partial charge >= 0.3 is 0 Å². The van der Waals surface area contributed by atoms with Crippen molar-refractivity contribution in [2.45, 2.75) is 53.9 Å². The maximum atomic E-state index is 8.00. The molecule has 0 aromatic rings. The molecule has 0 saturated heterocycles. The molecule has 0 spiro atoms. The summed E-state index contributed by atoms with van der Waals surface area (Å²) in [5, 5.41) is 8.00. The first kappa shape index (κ1) is 11.7. The summed E-state index contributed by atoms with van der Waals surface area (Å²) in [6, 6.07) is 0. The number of hydrogen-bond acceptors (Lipinski definition) is 1. The van der Waals surface area contributed by atoms with Gasteiger partial charge in [0.25, 0.3) is 0 Å². The molecule has 0 amide bonds. The molecule has 0 aromatic heterocycles. The Balaban J connectivity index is 4.22. The molecule has 0 saturated carbocycles. The van der Waals surface area contributed by atoms with Gasteiger partial charge in [0.05, 0.1) is 0 Å². The predicted octanol–water partition coefficient (Wildman–Crippen LogP) is 3.88. The van der Waals surface area contributed by atoms with Gasteiger partial charge in [0, 0.05) is 5.71 Å². The van der Waals surface area contributed by atoms with Crippen molar-refractivity contribution in [2.24, 2.45) is 11.3 Å². The Labute approximate surface area is 77.1 Å². The number of nitrogens with one attached hydrogen (secondary N) is 1. The van der Waals surface area contributed by atoms with Crippen molar-refractivity contribution in [3.05, 3.63) is 0 Å². The van der Waals surface area contributed by atoms with E-state index in [2.05, 4.69) is 34.6 Å². The molecule has 1 N–H and O–H groups in total. The first-order chi connectivity index (χ1) is 5.43. The van der Waals surface area contributed by atoms with E-state index in [0.29, 0.717) is 5.92 Å². The Bertz CT molecular complexity index is 142. The van der Waals surface area contributed by atoms with Gasteiger partial charge in [-0.2, -0.15) is 0 Å². The minimum Gasteiger partial charge on any atom is -0.309 e. The van der Waals surface area contributed by atoms with Crippen molar-refractivity contribution in [1.82, 2.24) is 0 Å². The average Bonchev–Trinajstić information content (AvgIpc) is 1.97. The molecule has 0 aliphatic carbocycles. The molecule has 0 aromatic carbocycles. The lowest BCUT2D eigenvalue weighted by Gasteiger charge is -2.26. The highest BCUT2D eigenvalue weighted by Crippen LogP contribution is 2.25. The summed E-state index contributed by atoms with van der Waals surface area (Å²) < 4.78 is 0. The van der Waals surface area contributed by atoms with Crippen LogP contribution in [0.4, 0.5) is 0 Å².